The number of fused-ring (bicyclic) bond motifs is 1. The molecule has 1 heterocycles. The Balaban J connectivity index is 1.90. The first kappa shape index (κ1) is 19.6. The maximum Gasteiger partial charge on any atom is 0.341 e. The van der Waals surface area contributed by atoms with Gasteiger partial charge in [0.25, 0.3) is 5.91 Å². The average molecular weight is 408 g/mol. The van der Waals surface area contributed by atoms with Crippen molar-refractivity contribution < 1.29 is 22.7 Å². The van der Waals surface area contributed by atoms with E-state index in [0.29, 0.717) is 16.1 Å². The van der Waals surface area contributed by atoms with Crippen molar-refractivity contribution in [1.82, 2.24) is 0 Å². The van der Waals surface area contributed by atoms with Gasteiger partial charge in [0.1, 0.15) is 5.00 Å². The van der Waals surface area contributed by atoms with Gasteiger partial charge in [-0.05, 0) is 55.5 Å². The monoisotopic (exact) mass is 407 g/mol. The van der Waals surface area contributed by atoms with Crippen LogP contribution in [0.25, 0.3) is 0 Å². The first-order valence-corrected chi connectivity index (χ1v) is 11.4. The first-order valence-electron chi connectivity index (χ1n) is 8.65. The highest BCUT2D eigenvalue weighted by molar-refractivity contribution is 7.90. The van der Waals surface area contributed by atoms with Crippen LogP contribution in [-0.2, 0) is 27.4 Å². The molecule has 0 aliphatic heterocycles. The van der Waals surface area contributed by atoms with Crippen LogP contribution < -0.4 is 5.32 Å². The number of anilines is 1. The molecule has 0 atom stereocenters. The molecule has 0 bridgehead atoms. The van der Waals surface area contributed by atoms with E-state index in [9.17, 15) is 18.0 Å². The summed E-state index contributed by atoms with van der Waals surface area (Å²) >= 11 is 1.42. The lowest BCUT2D eigenvalue weighted by atomic mass is 10.1. The number of amides is 1. The van der Waals surface area contributed by atoms with Crippen LogP contribution in [0.2, 0.25) is 0 Å². The van der Waals surface area contributed by atoms with Gasteiger partial charge in [-0.2, -0.15) is 0 Å². The molecule has 1 N–H and O–H groups in total. The van der Waals surface area contributed by atoms with Crippen LogP contribution in [0.1, 0.15) is 50.4 Å². The average Bonchev–Trinajstić information content (AvgIpc) is 2.81. The maximum absolute atomic E-state index is 12.6. The molecule has 0 fully saturated rings. The number of carbonyl (C=O) groups is 2. The number of thiophene rings is 1. The molecule has 1 amide bonds. The second kappa shape index (κ2) is 7.82. The van der Waals surface area contributed by atoms with Crippen LogP contribution in [0.5, 0.6) is 0 Å². The third kappa shape index (κ3) is 4.22. The second-order valence-corrected chi connectivity index (χ2v) is 9.63. The normalized spacial score (nSPS) is 14.1. The molecule has 1 aliphatic rings. The van der Waals surface area contributed by atoms with Crippen molar-refractivity contribution >= 4 is 38.1 Å². The van der Waals surface area contributed by atoms with Crippen molar-refractivity contribution in [3.63, 3.8) is 0 Å². The van der Waals surface area contributed by atoms with E-state index in [0.717, 1.165) is 48.8 Å². The number of hydrogen-bond donors (Lipinski definition) is 1. The second-order valence-electron chi connectivity index (χ2n) is 6.51. The van der Waals surface area contributed by atoms with Gasteiger partial charge < -0.3 is 10.1 Å². The minimum absolute atomic E-state index is 0.150. The number of ether oxygens (including phenoxy) is 1. The summed E-state index contributed by atoms with van der Waals surface area (Å²) in [6.45, 7) is 0. The number of benzene rings is 1. The highest BCUT2D eigenvalue weighted by atomic mass is 32.2. The van der Waals surface area contributed by atoms with Gasteiger partial charge in [0.2, 0.25) is 0 Å². The summed E-state index contributed by atoms with van der Waals surface area (Å²) in [5.41, 5.74) is 1.74. The SMILES string of the molecule is COC(=O)c1c(NC(=O)c2ccc(S(C)(=O)=O)cc2)sc2c1CCCCC2. The van der Waals surface area contributed by atoms with E-state index < -0.39 is 21.7 Å². The largest absolute Gasteiger partial charge is 0.465 e. The van der Waals surface area contributed by atoms with E-state index in [-0.39, 0.29) is 4.90 Å². The van der Waals surface area contributed by atoms with Crippen molar-refractivity contribution in [2.45, 2.75) is 37.0 Å². The van der Waals surface area contributed by atoms with E-state index in [1.165, 1.54) is 42.7 Å². The fourth-order valence-corrected chi connectivity index (χ4v) is 5.08. The molecule has 144 valence electrons. The van der Waals surface area contributed by atoms with Gasteiger partial charge in [0.15, 0.2) is 9.84 Å². The standard InChI is InChI=1S/C19H21NO5S2/c1-25-19(22)16-14-6-4-3-5-7-15(14)26-18(16)20-17(21)12-8-10-13(11-9-12)27(2,23)24/h8-11H,3-7H2,1-2H3,(H,20,21). The quantitative estimate of drug-likeness (QED) is 0.619. The fourth-order valence-electron chi connectivity index (χ4n) is 3.18. The molecule has 27 heavy (non-hydrogen) atoms. The molecule has 1 aliphatic carbocycles. The van der Waals surface area contributed by atoms with E-state index in [2.05, 4.69) is 5.32 Å². The molecule has 3 rings (SSSR count). The highest BCUT2D eigenvalue weighted by Gasteiger charge is 2.26. The summed E-state index contributed by atoms with van der Waals surface area (Å²) in [7, 11) is -1.99. The van der Waals surface area contributed by atoms with Crippen molar-refractivity contribution in [2.24, 2.45) is 0 Å². The van der Waals surface area contributed by atoms with Crippen LogP contribution in [0.15, 0.2) is 29.2 Å². The lowest BCUT2D eigenvalue weighted by Crippen LogP contribution is -2.15. The zero-order valence-electron chi connectivity index (χ0n) is 15.2. The summed E-state index contributed by atoms with van der Waals surface area (Å²) in [6, 6.07) is 5.72. The molecule has 1 aromatic carbocycles. The lowest BCUT2D eigenvalue weighted by molar-refractivity contribution is 0.0601. The van der Waals surface area contributed by atoms with Crippen LogP contribution in [0.4, 0.5) is 5.00 Å². The summed E-state index contributed by atoms with van der Waals surface area (Å²) in [4.78, 5) is 26.2. The van der Waals surface area contributed by atoms with Crippen molar-refractivity contribution in [2.75, 3.05) is 18.7 Å². The minimum Gasteiger partial charge on any atom is -0.465 e. The van der Waals surface area contributed by atoms with Crippen molar-refractivity contribution in [3.8, 4) is 0 Å². The van der Waals surface area contributed by atoms with E-state index in [4.69, 9.17) is 4.74 Å². The Labute approximate surface area is 162 Å². The molecule has 0 unspecified atom stereocenters. The molecule has 0 saturated heterocycles. The third-order valence-corrected chi connectivity index (χ3v) is 6.92. The zero-order valence-corrected chi connectivity index (χ0v) is 16.8. The number of nitrogens with one attached hydrogen (secondary N) is 1. The zero-order chi connectivity index (χ0) is 19.6. The number of hydrogen-bond acceptors (Lipinski definition) is 6. The first-order chi connectivity index (χ1) is 12.8. The van der Waals surface area contributed by atoms with Gasteiger partial charge >= 0.3 is 5.97 Å². The number of methoxy groups -OCH3 is 1. The molecule has 8 heteroatoms. The van der Waals surface area contributed by atoms with E-state index in [1.807, 2.05) is 0 Å². The number of rotatable bonds is 4. The predicted molar refractivity (Wildman–Crippen MR) is 104 cm³/mol. The molecule has 6 nitrogen and oxygen atoms in total. The molecule has 0 spiro atoms. The Bertz CT molecular complexity index is 974. The number of carbonyl (C=O) groups excluding carboxylic acids is 2. The van der Waals surface area contributed by atoms with Gasteiger partial charge in [-0.1, -0.05) is 6.42 Å². The molecule has 2 aromatic rings. The van der Waals surface area contributed by atoms with Crippen LogP contribution >= 0.6 is 11.3 Å². The minimum atomic E-state index is -3.32. The Morgan fingerprint density at radius 1 is 1.07 bits per heavy atom. The number of aryl methyl sites for hydroxylation is 1. The third-order valence-electron chi connectivity index (χ3n) is 4.58. The molecule has 0 saturated carbocycles. The predicted octanol–water partition coefficient (Wildman–Crippen LogP) is 3.46. The number of sulfone groups is 1. The Morgan fingerprint density at radius 2 is 1.74 bits per heavy atom. The molecular formula is C19H21NO5S2. The summed E-state index contributed by atoms with van der Waals surface area (Å²) in [5, 5.41) is 3.30. The van der Waals surface area contributed by atoms with Crippen molar-refractivity contribution in [3.05, 3.63) is 45.8 Å². The molecular weight excluding hydrogens is 386 g/mol. The Morgan fingerprint density at radius 3 is 2.37 bits per heavy atom. The maximum atomic E-state index is 12.6. The van der Waals surface area contributed by atoms with Gasteiger partial charge in [-0.15, -0.1) is 11.3 Å². The molecule has 0 radical (unpaired) electrons. The van der Waals surface area contributed by atoms with Gasteiger partial charge in [-0.25, -0.2) is 13.2 Å². The van der Waals surface area contributed by atoms with E-state index in [1.54, 1.807) is 0 Å². The number of esters is 1. The van der Waals surface area contributed by atoms with Gasteiger partial charge in [0.05, 0.1) is 17.6 Å². The topological polar surface area (TPSA) is 89.5 Å². The van der Waals surface area contributed by atoms with E-state index >= 15 is 0 Å². The smallest absolute Gasteiger partial charge is 0.341 e. The summed E-state index contributed by atoms with van der Waals surface area (Å²) in [5.74, 6) is -0.839. The fraction of sp³-hybridized carbons (Fsp3) is 0.368. The Hall–Kier alpha value is -2.19. The molecule has 1 aromatic heterocycles. The summed E-state index contributed by atoms with van der Waals surface area (Å²) < 4.78 is 28.0. The van der Waals surface area contributed by atoms with Gasteiger partial charge in [-0.3, -0.25) is 4.79 Å². The lowest BCUT2D eigenvalue weighted by Gasteiger charge is -2.08. The van der Waals surface area contributed by atoms with Crippen LogP contribution in [0.3, 0.4) is 0 Å². The Kier molecular flexibility index (Phi) is 5.67. The van der Waals surface area contributed by atoms with Crippen molar-refractivity contribution in [1.29, 1.82) is 0 Å². The summed E-state index contributed by atoms with van der Waals surface area (Å²) in [6.07, 6.45) is 6.00. The highest BCUT2D eigenvalue weighted by Crippen LogP contribution is 2.38. The van der Waals surface area contributed by atoms with Crippen LogP contribution in [-0.4, -0.2) is 33.7 Å². The van der Waals surface area contributed by atoms with Gasteiger partial charge in [0, 0.05) is 16.7 Å². The van der Waals surface area contributed by atoms with Crippen LogP contribution in [0, 0.1) is 0 Å².